The second-order valence-corrected chi connectivity index (χ2v) is 5.55. The largest absolute Gasteiger partial charge is 0.401 e. The second kappa shape index (κ2) is 7.80. The number of rotatable bonds is 7. The van der Waals surface area contributed by atoms with Crippen LogP contribution in [0.1, 0.15) is 36.1 Å². The van der Waals surface area contributed by atoms with Crippen LogP contribution in [-0.2, 0) is 0 Å². The molecule has 1 N–H and O–H groups in total. The molecule has 1 rings (SSSR count). The Morgan fingerprint density at radius 2 is 1.90 bits per heavy atom. The molecule has 1 atom stereocenters. The highest BCUT2D eigenvalue weighted by Gasteiger charge is 2.31. The standard InChI is InChI=1S/C16H25F3N2/c1-5-8-21(11-16(17,18)19)10-15(20-4)14-9-12(2)6-7-13(14)3/h6-7,9,15,20H,5,8,10-11H2,1-4H3. The van der Waals surface area contributed by atoms with Crippen LogP contribution in [0.15, 0.2) is 18.2 Å². The quantitative estimate of drug-likeness (QED) is 0.823. The van der Waals surface area contributed by atoms with Crippen molar-refractivity contribution < 1.29 is 13.2 Å². The summed E-state index contributed by atoms with van der Waals surface area (Å²) in [5.74, 6) is 0. The van der Waals surface area contributed by atoms with E-state index < -0.39 is 12.7 Å². The lowest BCUT2D eigenvalue weighted by molar-refractivity contribution is -0.146. The fraction of sp³-hybridized carbons (Fsp3) is 0.625. The molecule has 0 aliphatic rings. The Kier molecular flexibility index (Phi) is 6.68. The molecule has 0 aliphatic heterocycles. The summed E-state index contributed by atoms with van der Waals surface area (Å²) in [7, 11) is 1.80. The number of alkyl halides is 3. The fourth-order valence-electron chi connectivity index (χ4n) is 2.54. The zero-order valence-electron chi connectivity index (χ0n) is 13.2. The van der Waals surface area contributed by atoms with Crippen molar-refractivity contribution in [3.05, 3.63) is 34.9 Å². The average molecular weight is 302 g/mol. The molecule has 0 fully saturated rings. The maximum atomic E-state index is 12.7. The number of benzene rings is 1. The van der Waals surface area contributed by atoms with Gasteiger partial charge in [0.05, 0.1) is 6.54 Å². The van der Waals surface area contributed by atoms with E-state index in [2.05, 4.69) is 5.32 Å². The lowest BCUT2D eigenvalue weighted by Crippen LogP contribution is -2.40. The van der Waals surface area contributed by atoms with Gasteiger partial charge in [-0.2, -0.15) is 13.2 Å². The van der Waals surface area contributed by atoms with Crippen LogP contribution >= 0.6 is 0 Å². The van der Waals surface area contributed by atoms with E-state index in [0.29, 0.717) is 19.5 Å². The highest BCUT2D eigenvalue weighted by molar-refractivity contribution is 5.33. The van der Waals surface area contributed by atoms with E-state index in [9.17, 15) is 13.2 Å². The molecule has 0 radical (unpaired) electrons. The van der Waals surface area contributed by atoms with Gasteiger partial charge < -0.3 is 5.32 Å². The van der Waals surface area contributed by atoms with Crippen LogP contribution < -0.4 is 5.32 Å². The van der Waals surface area contributed by atoms with Gasteiger partial charge in [0.25, 0.3) is 0 Å². The van der Waals surface area contributed by atoms with Gasteiger partial charge in [0.1, 0.15) is 0 Å². The summed E-state index contributed by atoms with van der Waals surface area (Å²) < 4.78 is 38.0. The van der Waals surface area contributed by atoms with E-state index in [4.69, 9.17) is 0 Å². The molecule has 0 bridgehead atoms. The first-order chi connectivity index (χ1) is 9.76. The van der Waals surface area contributed by atoms with Crippen molar-refractivity contribution in [2.24, 2.45) is 0 Å². The number of hydrogen-bond donors (Lipinski definition) is 1. The van der Waals surface area contributed by atoms with Crippen LogP contribution in [0.4, 0.5) is 13.2 Å². The Bertz CT molecular complexity index is 444. The lowest BCUT2D eigenvalue weighted by Gasteiger charge is -2.29. The average Bonchev–Trinajstić information content (AvgIpc) is 2.37. The molecule has 0 saturated carbocycles. The molecular formula is C16H25F3N2. The molecule has 2 nitrogen and oxygen atoms in total. The molecule has 0 amide bonds. The summed E-state index contributed by atoms with van der Waals surface area (Å²) in [6.45, 7) is 5.83. The maximum Gasteiger partial charge on any atom is 0.401 e. The molecule has 0 spiro atoms. The van der Waals surface area contributed by atoms with Crippen molar-refractivity contribution >= 4 is 0 Å². The van der Waals surface area contributed by atoms with Crippen LogP contribution in [-0.4, -0.2) is 37.8 Å². The van der Waals surface area contributed by atoms with Crippen LogP contribution in [0, 0.1) is 13.8 Å². The van der Waals surface area contributed by atoms with Crippen molar-refractivity contribution in [2.45, 2.75) is 39.4 Å². The normalized spacial score (nSPS) is 13.7. The van der Waals surface area contributed by atoms with Crippen molar-refractivity contribution in [1.82, 2.24) is 10.2 Å². The summed E-state index contributed by atoms with van der Waals surface area (Å²) in [4.78, 5) is 1.48. The molecule has 0 aromatic heterocycles. The molecule has 0 saturated heterocycles. The predicted molar refractivity (Wildman–Crippen MR) is 80.5 cm³/mol. The van der Waals surface area contributed by atoms with Crippen molar-refractivity contribution in [1.29, 1.82) is 0 Å². The van der Waals surface area contributed by atoms with E-state index >= 15 is 0 Å². The number of hydrogen-bond acceptors (Lipinski definition) is 2. The van der Waals surface area contributed by atoms with Crippen LogP contribution in [0.5, 0.6) is 0 Å². The van der Waals surface area contributed by atoms with Crippen LogP contribution in [0.2, 0.25) is 0 Å². The van der Waals surface area contributed by atoms with Gasteiger partial charge in [-0.15, -0.1) is 0 Å². The molecule has 120 valence electrons. The monoisotopic (exact) mass is 302 g/mol. The topological polar surface area (TPSA) is 15.3 Å². The predicted octanol–water partition coefficient (Wildman–Crippen LogP) is 3.84. The smallest absolute Gasteiger partial charge is 0.312 e. The number of halogens is 3. The first kappa shape index (κ1) is 18.0. The molecule has 1 aromatic rings. The number of aryl methyl sites for hydroxylation is 2. The third-order valence-corrected chi connectivity index (χ3v) is 3.54. The van der Waals surface area contributed by atoms with Crippen LogP contribution in [0.25, 0.3) is 0 Å². The molecule has 0 aliphatic carbocycles. The Hall–Kier alpha value is -1.07. The first-order valence-corrected chi connectivity index (χ1v) is 7.30. The van der Waals surface area contributed by atoms with E-state index in [-0.39, 0.29) is 6.04 Å². The fourth-order valence-corrected chi connectivity index (χ4v) is 2.54. The minimum absolute atomic E-state index is 0.0983. The molecular weight excluding hydrogens is 277 g/mol. The van der Waals surface area contributed by atoms with E-state index in [1.807, 2.05) is 39.0 Å². The minimum Gasteiger partial charge on any atom is -0.312 e. The van der Waals surface area contributed by atoms with Gasteiger partial charge in [-0.3, -0.25) is 4.90 Å². The van der Waals surface area contributed by atoms with Crippen molar-refractivity contribution in [3.8, 4) is 0 Å². The molecule has 21 heavy (non-hydrogen) atoms. The van der Waals surface area contributed by atoms with Gasteiger partial charge in [-0.25, -0.2) is 0 Å². The Morgan fingerprint density at radius 3 is 2.43 bits per heavy atom. The van der Waals surface area contributed by atoms with Gasteiger partial charge in [0, 0.05) is 12.6 Å². The zero-order chi connectivity index (χ0) is 16.0. The molecule has 0 heterocycles. The van der Waals surface area contributed by atoms with E-state index in [1.165, 1.54) is 4.90 Å². The van der Waals surface area contributed by atoms with Gasteiger partial charge >= 0.3 is 6.18 Å². The Labute approximate surface area is 125 Å². The Morgan fingerprint density at radius 1 is 1.24 bits per heavy atom. The minimum atomic E-state index is -4.16. The molecule has 1 unspecified atom stereocenters. The Balaban J connectivity index is 2.89. The van der Waals surface area contributed by atoms with Gasteiger partial charge in [-0.1, -0.05) is 30.7 Å². The SMILES string of the molecule is CCCN(CC(NC)c1cc(C)ccc1C)CC(F)(F)F. The highest BCUT2D eigenvalue weighted by atomic mass is 19.4. The first-order valence-electron chi connectivity index (χ1n) is 7.30. The number of nitrogens with one attached hydrogen (secondary N) is 1. The van der Waals surface area contributed by atoms with E-state index in [1.54, 1.807) is 7.05 Å². The van der Waals surface area contributed by atoms with Crippen LogP contribution in [0.3, 0.4) is 0 Å². The van der Waals surface area contributed by atoms with Gasteiger partial charge in [0.15, 0.2) is 0 Å². The number of nitrogens with zero attached hydrogens (tertiary/aromatic N) is 1. The van der Waals surface area contributed by atoms with Crippen molar-refractivity contribution in [3.63, 3.8) is 0 Å². The summed E-state index contributed by atoms with van der Waals surface area (Å²) in [6.07, 6.45) is -3.45. The second-order valence-electron chi connectivity index (χ2n) is 5.55. The van der Waals surface area contributed by atoms with E-state index in [0.717, 1.165) is 16.7 Å². The van der Waals surface area contributed by atoms with Gasteiger partial charge in [0.2, 0.25) is 0 Å². The summed E-state index contributed by atoms with van der Waals surface area (Å²) in [5, 5.41) is 3.15. The van der Waals surface area contributed by atoms with Gasteiger partial charge in [-0.05, 0) is 45.0 Å². The lowest BCUT2D eigenvalue weighted by atomic mass is 9.98. The summed E-state index contributed by atoms with van der Waals surface area (Å²) in [6, 6.07) is 5.99. The maximum absolute atomic E-state index is 12.7. The zero-order valence-corrected chi connectivity index (χ0v) is 13.2. The third-order valence-electron chi connectivity index (χ3n) is 3.54. The third kappa shape index (κ3) is 6.06. The summed E-state index contributed by atoms with van der Waals surface area (Å²) >= 11 is 0. The molecule has 5 heteroatoms. The summed E-state index contributed by atoms with van der Waals surface area (Å²) in [5.41, 5.74) is 3.29. The van der Waals surface area contributed by atoms with Crippen molar-refractivity contribution in [2.75, 3.05) is 26.7 Å². The highest BCUT2D eigenvalue weighted by Crippen LogP contribution is 2.23. The number of likely N-dealkylation sites (N-methyl/N-ethyl adjacent to an activating group) is 1. The molecule has 1 aromatic carbocycles.